The average molecular weight is 421 g/mol. The first-order chi connectivity index (χ1) is 15.8. The Hall–Kier alpha value is -3.40. The summed E-state index contributed by atoms with van der Waals surface area (Å²) in [6, 6.07) is 17.3. The summed E-state index contributed by atoms with van der Waals surface area (Å²) >= 11 is 0. The average Bonchev–Trinajstić information content (AvgIpc) is 2.85. The highest BCUT2D eigenvalue weighted by molar-refractivity contribution is 5.56. The molecule has 0 amide bonds. The van der Waals surface area contributed by atoms with Gasteiger partial charge in [-0.2, -0.15) is 0 Å². The lowest BCUT2D eigenvalue weighted by atomic mass is 10.0. The minimum atomic E-state index is 0.974. The highest BCUT2D eigenvalue weighted by Crippen LogP contribution is 2.22. The van der Waals surface area contributed by atoms with E-state index in [1.807, 2.05) is 24.8 Å². The van der Waals surface area contributed by atoms with Crippen LogP contribution in [0.2, 0.25) is 0 Å². The molecule has 8 bridgehead atoms. The van der Waals surface area contributed by atoms with E-state index in [-0.39, 0.29) is 0 Å². The summed E-state index contributed by atoms with van der Waals surface area (Å²) in [5.74, 6) is 0. The van der Waals surface area contributed by atoms with Gasteiger partial charge in [0.1, 0.15) is 0 Å². The predicted molar refractivity (Wildman–Crippen MR) is 128 cm³/mol. The zero-order valence-corrected chi connectivity index (χ0v) is 18.4. The van der Waals surface area contributed by atoms with Gasteiger partial charge >= 0.3 is 0 Å². The molecular formula is C28H28N4. The molecule has 1 aliphatic rings. The minimum absolute atomic E-state index is 0.974. The van der Waals surface area contributed by atoms with Crippen molar-refractivity contribution in [2.24, 2.45) is 0 Å². The number of rotatable bonds is 0. The molecule has 0 saturated heterocycles. The van der Waals surface area contributed by atoms with Gasteiger partial charge in [-0.15, -0.1) is 0 Å². The van der Waals surface area contributed by atoms with Crippen LogP contribution in [0.1, 0.15) is 47.9 Å². The smallest absolute Gasteiger partial charge is 0.0888 e. The Balaban J connectivity index is 1.42. The van der Waals surface area contributed by atoms with Gasteiger partial charge < -0.3 is 0 Å². The molecule has 1 aliphatic carbocycles. The van der Waals surface area contributed by atoms with Crippen LogP contribution < -0.4 is 0 Å². The zero-order valence-electron chi connectivity index (χ0n) is 18.4. The lowest BCUT2D eigenvalue weighted by Crippen LogP contribution is -1.96. The van der Waals surface area contributed by atoms with Crippen molar-refractivity contribution in [3.05, 3.63) is 95.6 Å². The van der Waals surface area contributed by atoms with Gasteiger partial charge in [-0.25, -0.2) is 0 Å². The van der Waals surface area contributed by atoms with E-state index >= 15 is 0 Å². The first-order valence-electron chi connectivity index (χ1n) is 11.6. The molecule has 4 aromatic rings. The van der Waals surface area contributed by atoms with Crippen molar-refractivity contribution in [3.63, 3.8) is 0 Å². The molecule has 0 fully saturated rings. The van der Waals surface area contributed by atoms with Gasteiger partial charge in [-0.3, -0.25) is 19.9 Å². The first kappa shape index (κ1) is 20.5. The topological polar surface area (TPSA) is 51.6 Å². The molecule has 4 heteroatoms. The zero-order chi connectivity index (χ0) is 21.6. The van der Waals surface area contributed by atoms with Gasteiger partial charge in [0, 0.05) is 24.8 Å². The summed E-state index contributed by atoms with van der Waals surface area (Å²) in [6.45, 7) is 0. The molecule has 0 aromatic carbocycles. The Bertz CT molecular complexity index is 1010. The number of fused-ring (bicyclic) bond motifs is 10. The minimum Gasteiger partial charge on any atom is -0.255 e. The number of aromatic nitrogens is 4. The second-order valence-corrected chi connectivity index (χ2v) is 8.61. The predicted octanol–water partition coefficient (Wildman–Crippen LogP) is 6.04. The number of hydrogen-bond donors (Lipinski definition) is 0. The van der Waals surface area contributed by atoms with Crippen LogP contribution in [0.3, 0.4) is 0 Å². The quantitative estimate of drug-likeness (QED) is 0.348. The largest absolute Gasteiger partial charge is 0.255 e. The molecule has 0 atom stereocenters. The summed E-state index contributed by atoms with van der Waals surface area (Å²) in [4.78, 5) is 18.4. The fraction of sp³-hybridized carbons (Fsp3) is 0.286. The third kappa shape index (κ3) is 5.08. The molecule has 4 aromatic heterocycles. The van der Waals surface area contributed by atoms with Gasteiger partial charge in [-0.1, -0.05) is 0 Å². The Kier molecular flexibility index (Phi) is 6.29. The number of hydrogen-bond acceptors (Lipinski definition) is 4. The summed E-state index contributed by atoms with van der Waals surface area (Å²) in [6.07, 6.45) is 16.4. The van der Waals surface area contributed by atoms with Crippen molar-refractivity contribution < 1.29 is 0 Å². The van der Waals surface area contributed by atoms with Crippen LogP contribution in [0, 0.1) is 0 Å². The van der Waals surface area contributed by atoms with E-state index in [4.69, 9.17) is 0 Å². The third-order valence-corrected chi connectivity index (χ3v) is 6.18. The third-order valence-electron chi connectivity index (χ3n) is 6.18. The molecule has 160 valence electrons. The van der Waals surface area contributed by atoms with Gasteiger partial charge in [0.25, 0.3) is 0 Å². The Morgan fingerprint density at radius 1 is 0.375 bits per heavy atom. The van der Waals surface area contributed by atoms with Gasteiger partial charge in [0.15, 0.2) is 0 Å². The Morgan fingerprint density at radius 2 is 0.625 bits per heavy atom. The van der Waals surface area contributed by atoms with Crippen molar-refractivity contribution >= 4 is 0 Å². The molecule has 32 heavy (non-hydrogen) atoms. The maximum atomic E-state index is 4.59. The monoisotopic (exact) mass is 420 g/mol. The van der Waals surface area contributed by atoms with E-state index in [1.165, 1.54) is 22.3 Å². The Labute approximate surface area is 189 Å². The summed E-state index contributed by atoms with van der Waals surface area (Å²) in [5.41, 5.74) is 9.20. The molecule has 0 saturated carbocycles. The highest BCUT2D eigenvalue weighted by atomic mass is 14.8. The molecule has 0 spiro atoms. The fourth-order valence-corrected chi connectivity index (χ4v) is 4.40. The summed E-state index contributed by atoms with van der Waals surface area (Å²) < 4.78 is 0. The molecular weight excluding hydrogens is 392 g/mol. The van der Waals surface area contributed by atoms with Crippen LogP contribution in [0.5, 0.6) is 0 Å². The van der Waals surface area contributed by atoms with E-state index < -0.39 is 0 Å². The van der Waals surface area contributed by atoms with Crippen molar-refractivity contribution in [2.45, 2.75) is 51.4 Å². The fourth-order valence-electron chi connectivity index (χ4n) is 4.40. The molecule has 0 aliphatic heterocycles. The lowest BCUT2D eigenvalue weighted by Gasteiger charge is -2.09. The normalized spacial score (nSPS) is 14.5. The molecule has 4 heterocycles. The molecule has 4 nitrogen and oxygen atoms in total. The van der Waals surface area contributed by atoms with Crippen LogP contribution in [0.25, 0.3) is 22.8 Å². The van der Waals surface area contributed by atoms with Crippen molar-refractivity contribution in [1.82, 2.24) is 19.9 Å². The standard InChI is InChI=1S/C28H28N4/c1-2-6-22-10-14-30-26(18-22)28-20-24(12-16-32-28)8-4-3-7-23-11-15-31-27(19-23)25-17-21(5-1)9-13-29-25/h9-20H,1-8H2. The maximum absolute atomic E-state index is 4.59. The van der Waals surface area contributed by atoms with Crippen molar-refractivity contribution in [2.75, 3.05) is 0 Å². The van der Waals surface area contributed by atoms with E-state index in [0.717, 1.165) is 74.1 Å². The maximum Gasteiger partial charge on any atom is 0.0888 e. The molecule has 5 rings (SSSR count). The lowest BCUT2D eigenvalue weighted by molar-refractivity contribution is 0.732. The van der Waals surface area contributed by atoms with E-state index in [2.05, 4.69) is 68.5 Å². The van der Waals surface area contributed by atoms with Crippen LogP contribution in [0.15, 0.2) is 73.3 Å². The van der Waals surface area contributed by atoms with Gasteiger partial charge in [-0.05, 0) is 122 Å². The van der Waals surface area contributed by atoms with Crippen molar-refractivity contribution in [3.8, 4) is 22.8 Å². The van der Waals surface area contributed by atoms with Crippen molar-refractivity contribution in [1.29, 1.82) is 0 Å². The second-order valence-electron chi connectivity index (χ2n) is 8.61. The molecule has 0 N–H and O–H groups in total. The van der Waals surface area contributed by atoms with Crippen LogP contribution in [-0.2, 0) is 25.7 Å². The van der Waals surface area contributed by atoms with Crippen LogP contribution in [0.4, 0.5) is 0 Å². The number of pyridine rings is 4. The number of nitrogens with zero attached hydrogens (tertiary/aromatic N) is 4. The molecule has 0 radical (unpaired) electrons. The van der Waals surface area contributed by atoms with E-state index in [1.54, 1.807) is 0 Å². The first-order valence-corrected chi connectivity index (χ1v) is 11.6. The van der Waals surface area contributed by atoms with Crippen LogP contribution >= 0.6 is 0 Å². The van der Waals surface area contributed by atoms with E-state index in [9.17, 15) is 0 Å². The summed E-state index contributed by atoms with van der Waals surface area (Å²) in [5, 5.41) is 0. The SMILES string of the molecule is c1cc2cc(n1)-c1cc(ccn1)CCCCc1ccnc(c1)-c1cc(ccn1)CCCC2. The molecule has 0 unspecified atom stereocenters. The number of aryl methyl sites for hydroxylation is 4. The highest BCUT2D eigenvalue weighted by Gasteiger charge is 2.07. The second kappa shape index (κ2) is 9.82. The Morgan fingerprint density at radius 3 is 0.875 bits per heavy atom. The van der Waals surface area contributed by atoms with Gasteiger partial charge in [0.2, 0.25) is 0 Å². The summed E-state index contributed by atoms with van der Waals surface area (Å²) in [7, 11) is 0. The van der Waals surface area contributed by atoms with E-state index in [0.29, 0.717) is 0 Å². The van der Waals surface area contributed by atoms with Crippen LogP contribution in [-0.4, -0.2) is 19.9 Å². The van der Waals surface area contributed by atoms with Gasteiger partial charge in [0.05, 0.1) is 22.8 Å².